The van der Waals surface area contributed by atoms with Crippen molar-refractivity contribution in [2.75, 3.05) is 18.9 Å². The van der Waals surface area contributed by atoms with Crippen molar-refractivity contribution in [2.24, 2.45) is 0 Å². The van der Waals surface area contributed by atoms with E-state index in [2.05, 4.69) is 10.0 Å². The third-order valence-corrected chi connectivity index (χ3v) is 6.20. The van der Waals surface area contributed by atoms with Crippen molar-refractivity contribution in [3.63, 3.8) is 0 Å². The van der Waals surface area contributed by atoms with E-state index >= 15 is 0 Å². The summed E-state index contributed by atoms with van der Waals surface area (Å²) < 4.78 is 32.7. The van der Waals surface area contributed by atoms with Crippen molar-refractivity contribution in [2.45, 2.75) is 25.3 Å². The van der Waals surface area contributed by atoms with E-state index in [1.807, 2.05) is 32.0 Å². The smallest absolute Gasteiger partial charge is 0.254 e. The summed E-state index contributed by atoms with van der Waals surface area (Å²) in [5.74, 6) is -0.349. The molecule has 0 aliphatic carbocycles. The zero-order valence-corrected chi connectivity index (χ0v) is 18.9. The number of benzene rings is 2. The number of carbonyl (C=O) groups excluding carboxylic acids is 2. The minimum absolute atomic E-state index is 0.00798. The van der Waals surface area contributed by atoms with Gasteiger partial charge in [-0.1, -0.05) is 18.2 Å². The molecule has 0 radical (unpaired) electrons. The van der Waals surface area contributed by atoms with Crippen LogP contribution in [0.25, 0.3) is 0 Å². The lowest BCUT2D eigenvalue weighted by atomic mass is 10.1. The zero-order chi connectivity index (χ0) is 23.3. The third-order valence-electron chi connectivity index (χ3n) is 4.80. The number of anilines is 1. The Kier molecular flexibility index (Phi) is 7.12. The van der Waals surface area contributed by atoms with E-state index in [4.69, 9.17) is 4.42 Å². The molecule has 168 valence electrons. The topological polar surface area (TPSA) is 109 Å². The highest BCUT2D eigenvalue weighted by Gasteiger charge is 2.20. The minimum atomic E-state index is -3.85. The Morgan fingerprint density at radius 3 is 2.53 bits per heavy atom. The number of sulfonamides is 1. The van der Waals surface area contributed by atoms with Gasteiger partial charge in [0, 0.05) is 18.3 Å². The quantitative estimate of drug-likeness (QED) is 0.543. The van der Waals surface area contributed by atoms with Gasteiger partial charge in [0.15, 0.2) is 0 Å². The molecule has 2 N–H and O–H groups in total. The molecule has 0 aliphatic rings. The van der Waals surface area contributed by atoms with E-state index in [1.165, 1.54) is 42.5 Å². The Hall–Kier alpha value is -3.43. The molecular formula is C23H25N3O5S. The van der Waals surface area contributed by atoms with Crippen LogP contribution in [0.2, 0.25) is 0 Å². The fourth-order valence-corrected chi connectivity index (χ4v) is 4.07. The van der Waals surface area contributed by atoms with Gasteiger partial charge in [-0.25, -0.2) is 13.1 Å². The molecule has 2 aromatic carbocycles. The molecule has 0 atom stereocenters. The lowest BCUT2D eigenvalue weighted by Crippen LogP contribution is -2.35. The van der Waals surface area contributed by atoms with Gasteiger partial charge in [-0.3, -0.25) is 9.59 Å². The molecule has 32 heavy (non-hydrogen) atoms. The first-order valence-corrected chi connectivity index (χ1v) is 11.4. The number of likely N-dealkylation sites (N-methyl/N-ethyl adjacent to an activating group) is 1. The summed E-state index contributed by atoms with van der Waals surface area (Å²) in [4.78, 5) is 26.4. The Bertz CT molecular complexity index is 1220. The highest BCUT2D eigenvalue weighted by atomic mass is 32.2. The van der Waals surface area contributed by atoms with E-state index in [0.717, 1.165) is 11.1 Å². The maximum Gasteiger partial charge on any atom is 0.254 e. The van der Waals surface area contributed by atoms with Crippen LogP contribution in [0, 0.1) is 13.8 Å². The number of hydrogen-bond donors (Lipinski definition) is 2. The Morgan fingerprint density at radius 1 is 1.03 bits per heavy atom. The van der Waals surface area contributed by atoms with Crippen molar-refractivity contribution >= 4 is 27.5 Å². The Balaban J connectivity index is 1.66. The molecule has 2 amide bonds. The van der Waals surface area contributed by atoms with Crippen molar-refractivity contribution in [3.8, 4) is 0 Å². The van der Waals surface area contributed by atoms with Gasteiger partial charge >= 0.3 is 0 Å². The summed E-state index contributed by atoms with van der Waals surface area (Å²) in [6.45, 7) is 3.62. The molecule has 0 spiro atoms. The second-order valence-electron chi connectivity index (χ2n) is 7.46. The largest absolute Gasteiger partial charge is 0.468 e. The van der Waals surface area contributed by atoms with E-state index < -0.39 is 15.9 Å². The molecule has 0 saturated heterocycles. The van der Waals surface area contributed by atoms with Crippen LogP contribution in [0.1, 0.15) is 27.2 Å². The lowest BCUT2D eigenvalue weighted by Gasteiger charge is -2.18. The van der Waals surface area contributed by atoms with E-state index in [-0.39, 0.29) is 29.5 Å². The average molecular weight is 456 g/mol. The van der Waals surface area contributed by atoms with Crippen molar-refractivity contribution < 1.29 is 22.4 Å². The van der Waals surface area contributed by atoms with Crippen LogP contribution in [-0.4, -0.2) is 38.7 Å². The molecule has 0 saturated carbocycles. The molecule has 0 aliphatic heterocycles. The molecule has 3 aromatic rings. The average Bonchev–Trinajstić information content (AvgIpc) is 3.28. The van der Waals surface area contributed by atoms with Crippen LogP contribution in [0.15, 0.2) is 70.2 Å². The van der Waals surface area contributed by atoms with E-state index in [9.17, 15) is 18.0 Å². The predicted molar refractivity (Wildman–Crippen MR) is 121 cm³/mol. The highest BCUT2D eigenvalue weighted by Crippen LogP contribution is 2.17. The third kappa shape index (κ3) is 5.83. The number of amides is 2. The second-order valence-corrected chi connectivity index (χ2v) is 9.23. The molecule has 0 fully saturated rings. The lowest BCUT2D eigenvalue weighted by molar-refractivity contribution is -0.116. The van der Waals surface area contributed by atoms with Crippen molar-refractivity contribution in [3.05, 3.63) is 83.3 Å². The van der Waals surface area contributed by atoms with Gasteiger partial charge in [-0.05, 0) is 61.4 Å². The number of furan rings is 1. The van der Waals surface area contributed by atoms with E-state index in [1.54, 1.807) is 12.1 Å². The van der Waals surface area contributed by atoms with Crippen molar-refractivity contribution in [1.82, 2.24) is 9.62 Å². The van der Waals surface area contributed by atoms with Crippen LogP contribution in [0.3, 0.4) is 0 Å². The monoisotopic (exact) mass is 455 g/mol. The normalized spacial score (nSPS) is 11.2. The fraction of sp³-hybridized carbons (Fsp3) is 0.217. The summed E-state index contributed by atoms with van der Waals surface area (Å²) in [5.41, 5.74) is 2.77. The summed E-state index contributed by atoms with van der Waals surface area (Å²) in [5, 5.41) is 2.81. The van der Waals surface area contributed by atoms with Gasteiger partial charge < -0.3 is 14.6 Å². The predicted octanol–water partition coefficient (Wildman–Crippen LogP) is 3.09. The molecule has 0 bridgehead atoms. The maximum absolute atomic E-state index is 12.8. The van der Waals surface area contributed by atoms with Gasteiger partial charge in [0.05, 0.1) is 24.2 Å². The molecule has 3 rings (SSSR count). The molecule has 1 aromatic heterocycles. The summed E-state index contributed by atoms with van der Waals surface area (Å²) >= 11 is 0. The Morgan fingerprint density at radius 2 is 1.81 bits per heavy atom. The Labute approximate surface area is 187 Å². The first-order chi connectivity index (χ1) is 15.2. The zero-order valence-electron chi connectivity index (χ0n) is 18.1. The van der Waals surface area contributed by atoms with Gasteiger partial charge in [-0.2, -0.15) is 0 Å². The number of hydrogen-bond acceptors (Lipinski definition) is 5. The standard InChI is InChI=1S/C23H25N3O5S/c1-16-9-10-17(2)21(12-16)25-22(27)15-26(3)23(28)18-6-4-8-20(13-18)32(29,30)24-14-19-7-5-11-31-19/h4-13,24H,14-15H2,1-3H3,(H,25,27). The van der Waals surface area contributed by atoms with Gasteiger partial charge in [0.2, 0.25) is 15.9 Å². The first kappa shape index (κ1) is 23.2. The van der Waals surface area contributed by atoms with Crippen LogP contribution in [-0.2, 0) is 21.4 Å². The SMILES string of the molecule is Cc1ccc(C)c(NC(=O)CN(C)C(=O)c2cccc(S(=O)(=O)NCc3ccco3)c2)c1. The molecular weight excluding hydrogens is 430 g/mol. The van der Waals surface area contributed by atoms with Crippen LogP contribution in [0.5, 0.6) is 0 Å². The fourth-order valence-electron chi connectivity index (χ4n) is 3.03. The number of rotatable bonds is 8. The maximum atomic E-state index is 12.8. The number of nitrogens with one attached hydrogen (secondary N) is 2. The van der Waals surface area contributed by atoms with Crippen LogP contribution in [0.4, 0.5) is 5.69 Å². The number of carbonyl (C=O) groups is 2. The number of nitrogens with zero attached hydrogens (tertiary/aromatic N) is 1. The summed E-state index contributed by atoms with van der Waals surface area (Å²) in [7, 11) is -2.36. The molecule has 8 nitrogen and oxygen atoms in total. The van der Waals surface area contributed by atoms with Crippen molar-refractivity contribution in [1.29, 1.82) is 0 Å². The van der Waals surface area contributed by atoms with Gasteiger partial charge in [0.1, 0.15) is 5.76 Å². The molecule has 9 heteroatoms. The van der Waals surface area contributed by atoms with Crippen LogP contribution < -0.4 is 10.0 Å². The summed E-state index contributed by atoms with van der Waals surface area (Å²) in [6.07, 6.45) is 1.45. The molecule has 0 unspecified atom stereocenters. The first-order valence-electron chi connectivity index (χ1n) is 9.90. The van der Waals surface area contributed by atoms with Gasteiger partial charge in [0.25, 0.3) is 5.91 Å². The summed E-state index contributed by atoms with van der Waals surface area (Å²) in [6, 6.07) is 14.7. The highest BCUT2D eigenvalue weighted by molar-refractivity contribution is 7.89. The minimum Gasteiger partial charge on any atom is -0.468 e. The number of aryl methyl sites for hydroxylation is 2. The van der Waals surface area contributed by atoms with Crippen LogP contribution >= 0.6 is 0 Å². The van der Waals surface area contributed by atoms with E-state index in [0.29, 0.717) is 11.4 Å². The van der Waals surface area contributed by atoms with Gasteiger partial charge in [-0.15, -0.1) is 0 Å². The second kappa shape index (κ2) is 9.80. The molecule has 1 heterocycles.